The zero-order valence-electron chi connectivity index (χ0n) is 10.6. The fraction of sp³-hybridized carbons (Fsp3) is 0.571. The van der Waals surface area contributed by atoms with Crippen molar-refractivity contribution in [1.29, 1.82) is 0 Å². The summed E-state index contributed by atoms with van der Waals surface area (Å²) in [7, 11) is 0. The minimum absolute atomic E-state index is 0. The number of rotatable bonds is 2. The molecule has 0 bridgehead atoms. The van der Waals surface area contributed by atoms with E-state index in [0.717, 1.165) is 6.54 Å². The van der Waals surface area contributed by atoms with Crippen LogP contribution in [0.5, 0.6) is 0 Å². The van der Waals surface area contributed by atoms with Crippen LogP contribution in [0.25, 0.3) is 0 Å². The molecule has 0 amide bonds. The minimum Gasteiger partial charge on any atom is -0.369 e. The van der Waals surface area contributed by atoms with Crippen molar-refractivity contribution >= 4 is 18.1 Å². The van der Waals surface area contributed by atoms with Crippen molar-refractivity contribution in [3.05, 3.63) is 29.8 Å². The molecule has 1 aromatic carbocycles. The third-order valence-electron chi connectivity index (χ3n) is 3.76. The molecule has 0 unspecified atom stereocenters. The van der Waals surface area contributed by atoms with Gasteiger partial charge < -0.3 is 10.6 Å². The van der Waals surface area contributed by atoms with Crippen molar-refractivity contribution in [2.45, 2.75) is 37.6 Å². The van der Waals surface area contributed by atoms with E-state index in [-0.39, 0.29) is 17.9 Å². The van der Waals surface area contributed by atoms with Crippen molar-refractivity contribution < 1.29 is 0 Å². The Morgan fingerprint density at radius 2 is 1.94 bits per heavy atom. The molecule has 17 heavy (non-hydrogen) atoms. The van der Waals surface area contributed by atoms with E-state index in [2.05, 4.69) is 43.0 Å². The summed E-state index contributed by atoms with van der Waals surface area (Å²) in [6.45, 7) is 6.33. The summed E-state index contributed by atoms with van der Waals surface area (Å²) in [5, 5.41) is 0. The van der Waals surface area contributed by atoms with E-state index in [1.165, 1.54) is 25.1 Å². The molecule has 1 spiro atoms. The normalized spacial score (nSPS) is 20.1. The third kappa shape index (κ3) is 2.16. The van der Waals surface area contributed by atoms with Gasteiger partial charge in [-0.25, -0.2) is 0 Å². The number of hydrogen-bond donors (Lipinski definition) is 1. The molecule has 3 rings (SSSR count). The van der Waals surface area contributed by atoms with Gasteiger partial charge in [-0.05, 0) is 38.3 Å². The van der Waals surface area contributed by atoms with Crippen LogP contribution in [0.4, 0.5) is 5.69 Å². The van der Waals surface area contributed by atoms with Crippen molar-refractivity contribution in [2.24, 2.45) is 5.73 Å². The summed E-state index contributed by atoms with van der Waals surface area (Å²) in [5.41, 5.74) is 9.48. The van der Waals surface area contributed by atoms with Crippen LogP contribution in [0.2, 0.25) is 0 Å². The van der Waals surface area contributed by atoms with E-state index in [1.807, 2.05) is 0 Å². The first kappa shape index (κ1) is 12.7. The van der Waals surface area contributed by atoms with Gasteiger partial charge in [0.15, 0.2) is 0 Å². The van der Waals surface area contributed by atoms with E-state index >= 15 is 0 Å². The predicted octanol–water partition coefficient (Wildman–Crippen LogP) is 2.70. The first-order valence-corrected chi connectivity index (χ1v) is 6.14. The molecule has 94 valence electrons. The van der Waals surface area contributed by atoms with E-state index in [1.54, 1.807) is 5.56 Å². The van der Waals surface area contributed by atoms with Gasteiger partial charge in [0.25, 0.3) is 0 Å². The average molecular weight is 253 g/mol. The van der Waals surface area contributed by atoms with Gasteiger partial charge in [-0.3, -0.25) is 0 Å². The summed E-state index contributed by atoms with van der Waals surface area (Å²) >= 11 is 0. The Morgan fingerprint density at radius 3 is 2.53 bits per heavy atom. The second-order valence-electron chi connectivity index (χ2n) is 6.14. The van der Waals surface area contributed by atoms with E-state index in [0.29, 0.717) is 5.41 Å². The van der Waals surface area contributed by atoms with Crippen molar-refractivity contribution in [1.82, 2.24) is 0 Å². The molecular weight excluding hydrogens is 232 g/mol. The molecule has 2 nitrogen and oxygen atoms in total. The van der Waals surface area contributed by atoms with Crippen LogP contribution in [0.3, 0.4) is 0 Å². The quantitative estimate of drug-likeness (QED) is 0.877. The van der Waals surface area contributed by atoms with Gasteiger partial charge in [0.05, 0.1) is 0 Å². The molecule has 1 aromatic rings. The second-order valence-corrected chi connectivity index (χ2v) is 6.14. The van der Waals surface area contributed by atoms with Gasteiger partial charge in [0.2, 0.25) is 0 Å². The molecule has 3 heteroatoms. The minimum atomic E-state index is -0.118. The van der Waals surface area contributed by atoms with Gasteiger partial charge >= 0.3 is 0 Å². The van der Waals surface area contributed by atoms with Crippen molar-refractivity contribution in [2.75, 3.05) is 18.0 Å². The van der Waals surface area contributed by atoms with Crippen LogP contribution < -0.4 is 10.6 Å². The van der Waals surface area contributed by atoms with Gasteiger partial charge in [-0.2, -0.15) is 0 Å². The molecule has 0 saturated heterocycles. The number of benzene rings is 1. The van der Waals surface area contributed by atoms with Crippen molar-refractivity contribution in [3.8, 4) is 0 Å². The van der Waals surface area contributed by atoms with E-state index in [9.17, 15) is 0 Å². The number of nitrogens with two attached hydrogens (primary N) is 1. The Labute approximate surface area is 110 Å². The third-order valence-corrected chi connectivity index (χ3v) is 3.76. The van der Waals surface area contributed by atoms with E-state index < -0.39 is 0 Å². The highest BCUT2D eigenvalue weighted by Crippen LogP contribution is 2.56. The Bertz CT molecular complexity index is 416. The maximum Gasteiger partial charge on any atom is 0.0406 e. The zero-order chi connectivity index (χ0) is 11.4. The molecule has 1 aliphatic carbocycles. The largest absolute Gasteiger partial charge is 0.369 e. The highest BCUT2D eigenvalue weighted by atomic mass is 35.5. The Morgan fingerprint density at radius 1 is 1.29 bits per heavy atom. The maximum atomic E-state index is 6.14. The van der Waals surface area contributed by atoms with Gasteiger partial charge in [-0.15, -0.1) is 12.4 Å². The monoisotopic (exact) mass is 252 g/mol. The lowest BCUT2D eigenvalue weighted by molar-refractivity contribution is 0.502. The average Bonchev–Trinajstić information content (AvgIpc) is 2.89. The van der Waals surface area contributed by atoms with Crippen LogP contribution >= 0.6 is 12.4 Å². The van der Waals surface area contributed by atoms with E-state index in [4.69, 9.17) is 5.73 Å². The summed E-state index contributed by atoms with van der Waals surface area (Å²) < 4.78 is 0. The molecule has 0 aromatic heterocycles. The fourth-order valence-corrected chi connectivity index (χ4v) is 2.94. The molecule has 0 atom stereocenters. The van der Waals surface area contributed by atoms with Crippen LogP contribution in [0.1, 0.15) is 32.3 Å². The van der Waals surface area contributed by atoms with Crippen LogP contribution in [-0.4, -0.2) is 18.6 Å². The molecule has 2 N–H and O–H groups in total. The maximum absolute atomic E-state index is 6.14. The number of para-hydroxylation sites is 1. The van der Waals surface area contributed by atoms with Crippen LogP contribution in [-0.2, 0) is 5.41 Å². The first-order valence-electron chi connectivity index (χ1n) is 6.14. The lowest BCUT2D eigenvalue weighted by atomic mass is 9.99. The van der Waals surface area contributed by atoms with Gasteiger partial charge in [0.1, 0.15) is 0 Å². The number of hydrogen-bond acceptors (Lipinski definition) is 2. The highest BCUT2D eigenvalue weighted by Gasteiger charge is 2.51. The standard InChI is InChI=1S/C14H20N2.ClH/c1-13(2,15)9-16-10-14(7-8-14)11-5-3-4-6-12(11)16;/h3-6H,7-10,15H2,1-2H3;1H. The van der Waals surface area contributed by atoms with Crippen LogP contribution in [0, 0.1) is 0 Å². The number of anilines is 1. The number of fused-ring (bicyclic) bond motifs is 2. The zero-order valence-corrected chi connectivity index (χ0v) is 11.4. The summed E-state index contributed by atoms with van der Waals surface area (Å²) in [6.07, 6.45) is 2.71. The smallest absolute Gasteiger partial charge is 0.0406 e. The SMILES string of the molecule is CC(C)(N)CN1CC2(CC2)c2ccccc21.Cl. The molecular formula is C14H21ClN2. The molecule has 1 fully saturated rings. The van der Waals surface area contributed by atoms with Crippen LogP contribution in [0.15, 0.2) is 24.3 Å². The Balaban J connectivity index is 0.00000108. The number of halogens is 1. The van der Waals surface area contributed by atoms with Gasteiger partial charge in [0, 0.05) is 29.7 Å². The van der Waals surface area contributed by atoms with Crippen molar-refractivity contribution in [3.63, 3.8) is 0 Å². The molecule has 0 radical (unpaired) electrons. The lowest BCUT2D eigenvalue weighted by Gasteiger charge is -2.28. The summed E-state index contributed by atoms with van der Waals surface area (Å²) in [6, 6.07) is 8.84. The van der Waals surface area contributed by atoms with Gasteiger partial charge in [-0.1, -0.05) is 18.2 Å². The number of nitrogens with zero attached hydrogens (tertiary/aromatic N) is 1. The molecule has 2 aliphatic rings. The lowest BCUT2D eigenvalue weighted by Crippen LogP contribution is -2.45. The summed E-state index contributed by atoms with van der Waals surface area (Å²) in [4.78, 5) is 2.47. The Kier molecular flexibility index (Phi) is 2.91. The molecule has 1 heterocycles. The second kappa shape index (κ2) is 3.89. The predicted molar refractivity (Wildman–Crippen MR) is 75.1 cm³/mol. The fourth-order valence-electron chi connectivity index (χ4n) is 2.94. The highest BCUT2D eigenvalue weighted by molar-refractivity contribution is 5.85. The molecule has 1 aliphatic heterocycles. The molecule has 1 saturated carbocycles. The first-order chi connectivity index (χ1) is 7.50. The summed E-state index contributed by atoms with van der Waals surface area (Å²) in [5.74, 6) is 0. The Hall–Kier alpha value is -0.730. The topological polar surface area (TPSA) is 29.3 Å².